The number of nitrogens with zero attached hydrogens (tertiary/aromatic N) is 3. The van der Waals surface area contributed by atoms with Crippen molar-refractivity contribution in [1.29, 1.82) is 0 Å². The summed E-state index contributed by atoms with van der Waals surface area (Å²) in [5, 5.41) is 0. The van der Waals surface area contributed by atoms with Gasteiger partial charge in [0.25, 0.3) is 0 Å². The van der Waals surface area contributed by atoms with Crippen molar-refractivity contribution >= 4 is 11.5 Å². The van der Waals surface area contributed by atoms with Crippen LogP contribution in [0.4, 0.5) is 0 Å². The zero-order valence-electron chi connectivity index (χ0n) is 11.2. The number of aryl methyl sites for hydroxylation is 1. The molecule has 0 N–H and O–H groups in total. The lowest BCUT2D eigenvalue weighted by Crippen LogP contribution is -2.29. The van der Waals surface area contributed by atoms with Gasteiger partial charge < -0.3 is 4.57 Å². The molecule has 0 radical (unpaired) electrons. The SMILES string of the molecule is CC1(C)CC(=O)CC(=NCCCn2ccnc2)C1. The lowest BCUT2D eigenvalue weighted by molar-refractivity contribution is -0.120. The van der Waals surface area contributed by atoms with Gasteiger partial charge in [-0.25, -0.2) is 4.98 Å². The van der Waals surface area contributed by atoms with Crippen molar-refractivity contribution in [2.24, 2.45) is 10.4 Å². The standard InChI is InChI=1S/C14H21N3O/c1-14(2)9-12(8-13(18)10-14)16-4-3-6-17-7-5-15-11-17/h5,7,11H,3-4,6,8-10H2,1-2H3. The van der Waals surface area contributed by atoms with E-state index in [1.165, 1.54) is 0 Å². The van der Waals surface area contributed by atoms with Gasteiger partial charge in [0.05, 0.1) is 6.33 Å². The Morgan fingerprint density at radius 3 is 2.94 bits per heavy atom. The third-order valence-corrected chi connectivity index (χ3v) is 3.23. The van der Waals surface area contributed by atoms with Crippen molar-refractivity contribution < 1.29 is 4.79 Å². The topological polar surface area (TPSA) is 47.2 Å². The van der Waals surface area contributed by atoms with Gasteiger partial charge in [-0.1, -0.05) is 13.8 Å². The molecule has 0 aromatic carbocycles. The summed E-state index contributed by atoms with van der Waals surface area (Å²) in [4.78, 5) is 20.2. The first-order valence-electron chi connectivity index (χ1n) is 6.55. The van der Waals surface area contributed by atoms with Crippen LogP contribution in [0.1, 0.15) is 39.5 Å². The normalized spacial score (nSPS) is 21.4. The predicted octanol–water partition coefficient (Wildman–Crippen LogP) is 2.49. The van der Waals surface area contributed by atoms with E-state index in [0.29, 0.717) is 18.6 Å². The summed E-state index contributed by atoms with van der Waals surface area (Å²) in [6, 6.07) is 0. The van der Waals surface area contributed by atoms with Gasteiger partial charge in [0.15, 0.2) is 0 Å². The second-order valence-electron chi connectivity index (χ2n) is 5.84. The molecule has 0 aliphatic heterocycles. The summed E-state index contributed by atoms with van der Waals surface area (Å²) in [5.74, 6) is 0.333. The molecule has 18 heavy (non-hydrogen) atoms. The first-order valence-corrected chi connectivity index (χ1v) is 6.55. The highest BCUT2D eigenvalue weighted by molar-refractivity contribution is 6.04. The van der Waals surface area contributed by atoms with Crippen molar-refractivity contribution in [3.05, 3.63) is 18.7 Å². The second-order valence-corrected chi connectivity index (χ2v) is 5.84. The average Bonchev–Trinajstić information content (AvgIpc) is 2.74. The number of aromatic nitrogens is 2. The fourth-order valence-corrected chi connectivity index (χ4v) is 2.52. The van der Waals surface area contributed by atoms with Gasteiger partial charge in [-0.05, 0) is 18.3 Å². The Bertz CT molecular complexity index is 432. The number of ketones is 1. The number of imidazole rings is 1. The summed E-state index contributed by atoms with van der Waals surface area (Å²) in [5.41, 5.74) is 1.18. The minimum absolute atomic E-state index is 0.0957. The predicted molar refractivity (Wildman–Crippen MR) is 71.8 cm³/mol. The van der Waals surface area contributed by atoms with Crippen LogP contribution in [0.3, 0.4) is 0 Å². The molecule has 4 heteroatoms. The molecule has 1 aliphatic carbocycles. The number of hydrogen-bond donors (Lipinski definition) is 0. The van der Waals surface area contributed by atoms with Crippen LogP contribution in [-0.2, 0) is 11.3 Å². The molecule has 0 spiro atoms. The molecule has 0 saturated heterocycles. The number of carbonyl (C=O) groups excluding carboxylic acids is 1. The molecule has 0 bridgehead atoms. The lowest BCUT2D eigenvalue weighted by atomic mass is 9.76. The minimum Gasteiger partial charge on any atom is -0.337 e. The van der Waals surface area contributed by atoms with E-state index in [1.807, 2.05) is 12.5 Å². The fourth-order valence-electron chi connectivity index (χ4n) is 2.52. The molecule has 1 fully saturated rings. The van der Waals surface area contributed by atoms with Crippen molar-refractivity contribution in [3.8, 4) is 0 Å². The van der Waals surface area contributed by atoms with E-state index < -0.39 is 0 Å². The largest absolute Gasteiger partial charge is 0.337 e. The molecular formula is C14H21N3O. The number of aliphatic imine (C=N–C) groups is 1. The molecule has 0 atom stereocenters. The molecule has 2 rings (SSSR count). The maximum absolute atomic E-state index is 11.6. The van der Waals surface area contributed by atoms with E-state index in [1.54, 1.807) is 6.20 Å². The highest BCUT2D eigenvalue weighted by Crippen LogP contribution is 2.31. The minimum atomic E-state index is 0.0957. The van der Waals surface area contributed by atoms with Crippen LogP contribution in [0.25, 0.3) is 0 Å². The third-order valence-electron chi connectivity index (χ3n) is 3.23. The second kappa shape index (κ2) is 5.46. The van der Waals surface area contributed by atoms with Crippen LogP contribution in [0.5, 0.6) is 0 Å². The highest BCUT2D eigenvalue weighted by atomic mass is 16.1. The Morgan fingerprint density at radius 1 is 1.44 bits per heavy atom. The van der Waals surface area contributed by atoms with E-state index in [0.717, 1.165) is 31.6 Å². The zero-order chi connectivity index (χ0) is 13.0. The van der Waals surface area contributed by atoms with Gasteiger partial charge in [-0.3, -0.25) is 9.79 Å². The van der Waals surface area contributed by atoms with Crippen molar-refractivity contribution in [1.82, 2.24) is 9.55 Å². The molecule has 0 amide bonds. The summed E-state index contributed by atoms with van der Waals surface area (Å²) in [6.07, 6.45) is 8.78. The number of hydrogen-bond acceptors (Lipinski definition) is 3. The smallest absolute Gasteiger partial charge is 0.139 e. The van der Waals surface area contributed by atoms with Crippen molar-refractivity contribution in [2.75, 3.05) is 6.54 Å². The molecule has 1 aliphatic rings. The van der Waals surface area contributed by atoms with E-state index in [-0.39, 0.29) is 5.41 Å². The number of rotatable bonds is 4. The highest BCUT2D eigenvalue weighted by Gasteiger charge is 2.29. The number of carbonyl (C=O) groups is 1. The fraction of sp³-hybridized carbons (Fsp3) is 0.643. The molecule has 1 aromatic heterocycles. The maximum atomic E-state index is 11.6. The molecule has 0 unspecified atom stereocenters. The van der Waals surface area contributed by atoms with Gasteiger partial charge in [-0.2, -0.15) is 0 Å². The monoisotopic (exact) mass is 247 g/mol. The Kier molecular flexibility index (Phi) is 3.94. The van der Waals surface area contributed by atoms with Crippen LogP contribution in [0, 0.1) is 5.41 Å². The van der Waals surface area contributed by atoms with Crippen LogP contribution in [-0.4, -0.2) is 27.6 Å². The molecule has 1 saturated carbocycles. The Labute approximate surface area is 108 Å². The average molecular weight is 247 g/mol. The summed E-state index contributed by atoms with van der Waals surface area (Å²) in [6.45, 7) is 6.03. The molecular weight excluding hydrogens is 226 g/mol. The van der Waals surface area contributed by atoms with E-state index in [2.05, 4.69) is 28.4 Å². The van der Waals surface area contributed by atoms with Gasteiger partial charge in [0.1, 0.15) is 5.78 Å². The van der Waals surface area contributed by atoms with Crippen molar-refractivity contribution in [3.63, 3.8) is 0 Å². The molecule has 1 aromatic rings. The first-order chi connectivity index (χ1) is 8.55. The van der Waals surface area contributed by atoms with Crippen LogP contribution in [0.15, 0.2) is 23.7 Å². The van der Waals surface area contributed by atoms with Crippen molar-refractivity contribution in [2.45, 2.75) is 46.1 Å². The van der Waals surface area contributed by atoms with E-state index in [9.17, 15) is 4.79 Å². The van der Waals surface area contributed by atoms with E-state index in [4.69, 9.17) is 0 Å². The lowest BCUT2D eigenvalue weighted by Gasteiger charge is -2.29. The third kappa shape index (κ3) is 3.79. The van der Waals surface area contributed by atoms with Crippen LogP contribution < -0.4 is 0 Å². The number of Topliss-reactive ketones (excluding diaryl/α,β-unsaturated/α-hetero) is 1. The van der Waals surface area contributed by atoms with Gasteiger partial charge in [0.2, 0.25) is 0 Å². The van der Waals surface area contributed by atoms with Crippen LogP contribution >= 0.6 is 0 Å². The molecule has 1 heterocycles. The summed E-state index contributed by atoms with van der Waals surface area (Å²) >= 11 is 0. The first kappa shape index (κ1) is 13.0. The quantitative estimate of drug-likeness (QED) is 0.767. The Balaban J connectivity index is 1.80. The Morgan fingerprint density at radius 2 is 2.28 bits per heavy atom. The van der Waals surface area contributed by atoms with Crippen LogP contribution in [0.2, 0.25) is 0 Å². The molecule has 98 valence electrons. The van der Waals surface area contributed by atoms with Gasteiger partial charge in [-0.15, -0.1) is 0 Å². The Hall–Kier alpha value is -1.45. The maximum Gasteiger partial charge on any atom is 0.139 e. The molecule has 4 nitrogen and oxygen atoms in total. The summed E-state index contributed by atoms with van der Waals surface area (Å²) in [7, 11) is 0. The van der Waals surface area contributed by atoms with Gasteiger partial charge in [0, 0.05) is 44.0 Å². The van der Waals surface area contributed by atoms with E-state index >= 15 is 0 Å². The zero-order valence-corrected chi connectivity index (χ0v) is 11.2. The van der Waals surface area contributed by atoms with Gasteiger partial charge >= 0.3 is 0 Å². The summed E-state index contributed by atoms with van der Waals surface area (Å²) < 4.78 is 2.05.